The first-order valence-corrected chi connectivity index (χ1v) is 10.1. The van der Waals surface area contributed by atoms with Crippen LogP contribution in [0, 0.1) is 0 Å². The quantitative estimate of drug-likeness (QED) is 0.569. The van der Waals surface area contributed by atoms with Crippen LogP contribution in [-0.2, 0) is 0 Å². The highest BCUT2D eigenvalue weighted by atomic mass is 35.5. The summed E-state index contributed by atoms with van der Waals surface area (Å²) >= 11 is 7.72. The van der Waals surface area contributed by atoms with Gasteiger partial charge in [0, 0.05) is 16.1 Å². The first kappa shape index (κ1) is 20.2. The zero-order valence-corrected chi connectivity index (χ0v) is 17.4. The van der Waals surface area contributed by atoms with Crippen molar-refractivity contribution in [1.29, 1.82) is 0 Å². The molecule has 0 radical (unpaired) electrons. The summed E-state index contributed by atoms with van der Waals surface area (Å²) in [5, 5.41) is 6.92. The van der Waals surface area contributed by atoms with Gasteiger partial charge >= 0.3 is 0 Å². The third-order valence-electron chi connectivity index (χ3n) is 4.45. The number of thiophene rings is 1. The number of amides is 2. The van der Waals surface area contributed by atoms with Crippen molar-refractivity contribution in [2.75, 3.05) is 12.4 Å². The summed E-state index contributed by atoms with van der Waals surface area (Å²) in [4.78, 5) is 25.8. The molecule has 0 aliphatic heterocycles. The van der Waals surface area contributed by atoms with Crippen LogP contribution in [0.3, 0.4) is 0 Å². The maximum atomic E-state index is 12.9. The van der Waals surface area contributed by atoms with E-state index < -0.39 is 0 Å². The van der Waals surface area contributed by atoms with Crippen LogP contribution < -0.4 is 15.4 Å². The van der Waals surface area contributed by atoms with Crippen molar-refractivity contribution in [3.8, 4) is 5.75 Å². The number of hydrogen-bond acceptors (Lipinski definition) is 4. The lowest BCUT2D eigenvalue weighted by molar-refractivity contribution is 0.0940. The number of rotatable bonds is 6. The Kier molecular flexibility index (Phi) is 6.21. The Bertz CT molecular complexity index is 1030. The second-order valence-electron chi connectivity index (χ2n) is 6.39. The van der Waals surface area contributed by atoms with Crippen LogP contribution in [0.4, 0.5) is 5.69 Å². The number of halogens is 1. The van der Waals surface area contributed by atoms with Gasteiger partial charge in [-0.25, -0.2) is 0 Å². The molecule has 1 heterocycles. The van der Waals surface area contributed by atoms with Crippen LogP contribution in [0.5, 0.6) is 5.75 Å². The Morgan fingerprint density at radius 3 is 2.64 bits per heavy atom. The molecule has 0 aliphatic rings. The van der Waals surface area contributed by atoms with Crippen molar-refractivity contribution in [2.45, 2.75) is 26.3 Å². The summed E-state index contributed by atoms with van der Waals surface area (Å²) in [7, 11) is 1.59. The standard InChI is InChI=1S/C21H21ClN2O3S/c1-4-12(2)23-20(25)14-7-5-6-8-16(14)24-21(26)19-18(22)15-10-9-13(27-3)11-17(15)28-19/h5-12H,4H2,1-3H3,(H,23,25)(H,24,26). The van der Waals surface area contributed by atoms with Crippen LogP contribution >= 0.6 is 22.9 Å². The van der Waals surface area contributed by atoms with E-state index in [1.807, 2.05) is 26.0 Å². The first-order valence-electron chi connectivity index (χ1n) is 8.91. The SMILES string of the molecule is CCC(C)NC(=O)c1ccccc1NC(=O)c1sc2cc(OC)ccc2c1Cl. The molecular formula is C21H21ClN2O3S. The van der Waals surface area contributed by atoms with Crippen LogP contribution in [-0.4, -0.2) is 25.0 Å². The number of benzene rings is 2. The summed E-state index contributed by atoms with van der Waals surface area (Å²) in [6, 6.07) is 12.4. The summed E-state index contributed by atoms with van der Waals surface area (Å²) in [5.74, 6) is 0.121. The highest BCUT2D eigenvalue weighted by Crippen LogP contribution is 2.37. The summed E-state index contributed by atoms with van der Waals surface area (Å²) in [5.41, 5.74) is 0.856. The summed E-state index contributed by atoms with van der Waals surface area (Å²) in [6.07, 6.45) is 0.821. The predicted octanol–water partition coefficient (Wildman–Crippen LogP) is 5.34. The van der Waals surface area contributed by atoms with Crippen LogP contribution in [0.1, 0.15) is 40.3 Å². The van der Waals surface area contributed by atoms with E-state index in [9.17, 15) is 9.59 Å². The molecule has 2 N–H and O–H groups in total. The molecule has 1 atom stereocenters. The third kappa shape index (κ3) is 4.13. The summed E-state index contributed by atoms with van der Waals surface area (Å²) < 4.78 is 6.09. The second-order valence-corrected chi connectivity index (χ2v) is 7.82. The van der Waals surface area contributed by atoms with E-state index in [-0.39, 0.29) is 17.9 Å². The number of carbonyl (C=O) groups is 2. The van der Waals surface area contributed by atoms with Crippen molar-refractivity contribution in [3.05, 3.63) is 57.9 Å². The fourth-order valence-corrected chi connectivity index (χ4v) is 4.13. The van der Waals surface area contributed by atoms with E-state index >= 15 is 0 Å². The lowest BCUT2D eigenvalue weighted by Crippen LogP contribution is -2.32. The van der Waals surface area contributed by atoms with Crippen molar-refractivity contribution in [1.82, 2.24) is 5.32 Å². The van der Waals surface area contributed by atoms with Crippen molar-refractivity contribution in [2.24, 2.45) is 0 Å². The number of para-hydroxylation sites is 1. The summed E-state index contributed by atoms with van der Waals surface area (Å²) in [6.45, 7) is 3.93. The van der Waals surface area contributed by atoms with Gasteiger partial charge in [0.25, 0.3) is 11.8 Å². The zero-order chi connectivity index (χ0) is 20.3. The van der Waals surface area contributed by atoms with E-state index in [0.29, 0.717) is 26.9 Å². The minimum atomic E-state index is -0.353. The zero-order valence-electron chi connectivity index (χ0n) is 15.8. The fourth-order valence-electron chi connectivity index (χ4n) is 2.69. The first-order chi connectivity index (χ1) is 13.4. The molecule has 146 valence electrons. The Hall–Kier alpha value is -2.57. The minimum Gasteiger partial charge on any atom is -0.497 e. The molecule has 0 bridgehead atoms. The van der Waals surface area contributed by atoms with E-state index in [0.717, 1.165) is 16.5 Å². The van der Waals surface area contributed by atoms with Gasteiger partial charge in [0.2, 0.25) is 0 Å². The van der Waals surface area contributed by atoms with Gasteiger partial charge in [-0.1, -0.05) is 30.7 Å². The average molecular weight is 417 g/mol. The van der Waals surface area contributed by atoms with Crippen LogP contribution in [0.25, 0.3) is 10.1 Å². The van der Waals surface area contributed by atoms with Gasteiger partial charge in [-0.2, -0.15) is 0 Å². The van der Waals surface area contributed by atoms with Crippen molar-refractivity contribution >= 4 is 50.5 Å². The highest BCUT2D eigenvalue weighted by Gasteiger charge is 2.20. The van der Waals surface area contributed by atoms with E-state index in [4.69, 9.17) is 16.3 Å². The van der Waals surface area contributed by atoms with Gasteiger partial charge in [0.1, 0.15) is 10.6 Å². The number of methoxy groups -OCH3 is 1. The largest absolute Gasteiger partial charge is 0.497 e. The average Bonchev–Trinajstić information content (AvgIpc) is 3.04. The smallest absolute Gasteiger partial charge is 0.267 e. The maximum absolute atomic E-state index is 12.9. The normalized spacial score (nSPS) is 11.9. The molecule has 2 aromatic carbocycles. The molecule has 7 heteroatoms. The number of carbonyl (C=O) groups excluding carboxylic acids is 2. The van der Waals surface area contributed by atoms with Crippen molar-refractivity contribution in [3.63, 3.8) is 0 Å². The molecule has 28 heavy (non-hydrogen) atoms. The number of nitrogens with one attached hydrogen (secondary N) is 2. The Labute approximate surface area is 172 Å². The topological polar surface area (TPSA) is 67.4 Å². The molecule has 0 fully saturated rings. The van der Waals surface area contributed by atoms with E-state index in [1.165, 1.54) is 11.3 Å². The van der Waals surface area contributed by atoms with Crippen LogP contribution in [0.15, 0.2) is 42.5 Å². The molecule has 0 spiro atoms. The second kappa shape index (κ2) is 8.63. The molecule has 3 aromatic rings. The Morgan fingerprint density at radius 2 is 1.93 bits per heavy atom. The molecule has 0 aliphatic carbocycles. The Balaban J connectivity index is 1.89. The molecule has 0 saturated carbocycles. The van der Waals surface area contributed by atoms with Gasteiger partial charge in [0.15, 0.2) is 0 Å². The van der Waals surface area contributed by atoms with Gasteiger partial charge in [0.05, 0.1) is 23.4 Å². The molecule has 3 rings (SSSR count). The maximum Gasteiger partial charge on any atom is 0.267 e. The molecule has 2 amide bonds. The lowest BCUT2D eigenvalue weighted by Gasteiger charge is -2.14. The predicted molar refractivity (Wildman–Crippen MR) is 115 cm³/mol. The van der Waals surface area contributed by atoms with Gasteiger partial charge in [-0.15, -0.1) is 11.3 Å². The number of fused-ring (bicyclic) bond motifs is 1. The fraction of sp³-hybridized carbons (Fsp3) is 0.238. The number of anilines is 1. The number of ether oxygens (including phenoxy) is 1. The number of hydrogen-bond donors (Lipinski definition) is 2. The molecule has 0 saturated heterocycles. The highest BCUT2D eigenvalue weighted by molar-refractivity contribution is 7.21. The van der Waals surface area contributed by atoms with Gasteiger partial charge in [-0.3, -0.25) is 9.59 Å². The van der Waals surface area contributed by atoms with E-state index in [2.05, 4.69) is 10.6 Å². The Morgan fingerprint density at radius 1 is 1.18 bits per heavy atom. The van der Waals surface area contributed by atoms with Crippen molar-refractivity contribution < 1.29 is 14.3 Å². The third-order valence-corrected chi connectivity index (χ3v) is 6.11. The van der Waals surface area contributed by atoms with E-state index in [1.54, 1.807) is 37.4 Å². The lowest BCUT2D eigenvalue weighted by atomic mass is 10.1. The molecule has 1 unspecified atom stereocenters. The molecule has 5 nitrogen and oxygen atoms in total. The van der Waals surface area contributed by atoms with Gasteiger partial charge in [-0.05, 0) is 43.7 Å². The molecular weight excluding hydrogens is 396 g/mol. The minimum absolute atomic E-state index is 0.0447. The van der Waals surface area contributed by atoms with Crippen LogP contribution in [0.2, 0.25) is 5.02 Å². The molecule has 1 aromatic heterocycles. The monoisotopic (exact) mass is 416 g/mol. The van der Waals surface area contributed by atoms with Gasteiger partial charge < -0.3 is 15.4 Å².